The van der Waals surface area contributed by atoms with Crippen molar-refractivity contribution in [3.8, 4) is 0 Å². The number of amides is 1. The molecule has 1 saturated carbocycles. The zero-order valence-corrected chi connectivity index (χ0v) is 19.6. The van der Waals surface area contributed by atoms with Crippen LogP contribution < -0.4 is 0 Å². The van der Waals surface area contributed by atoms with Crippen LogP contribution >= 0.6 is 11.6 Å². The van der Waals surface area contributed by atoms with Crippen LogP contribution in [0.4, 0.5) is 4.39 Å². The van der Waals surface area contributed by atoms with Gasteiger partial charge in [0.2, 0.25) is 5.91 Å². The number of rotatable bonds is 7. The minimum atomic E-state index is -0.471. The molecule has 1 aliphatic carbocycles. The summed E-state index contributed by atoms with van der Waals surface area (Å²) in [6.07, 6.45) is 6.51. The molecule has 2 aliphatic heterocycles. The van der Waals surface area contributed by atoms with E-state index >= 15 is 0 Å². The van der Waals surface area contributed by atoms with E-state index in [0.717, 1.165) is 31.5 Å². The van der Waals surface area contributed by atoms with E-state index in [4.69, 9.17) is 16.3 Å². The van der Waals surface area contributed by atoms with Gasteiger partial charge >= 0.3 is 0 Å². The molecule has 2 saturated heterocycles. The molecule has 0 unspecified atom stereocenters. The summed E-state index contributed by atoms with van der Waals surface area (Å²) in [5.41, 5.74) is 1.06. The Labute approximate surface area is 199 Å². The quantitative estimate of drug-likeness (QED) is 0.588. The van der Waals surface area contributed by atoms with Crippen LogP contribution in [0.15, 0.2) is 42.6 Å². The van der Waals surface area contributed by atoms with Crippen molar-refractivity contribution in [3.63, 3.8) is 0 Å². The lowest BCUT2D eigenvalue weighted by Gasteiger charge is -2.49. The summed E-state index contributed by atoms with van der Waals surface area (Å²) in [5, 5.41) is 0.711. The van der Waals surface area contributed by atoms with Gasteiger partial charge in [-0.3, -0.25) is 14.7 Å². The average Bonchev–Trinajstić information content (AvgIpc) is 3.63. The van der Waals surface area contributed by atoms with Crippen LogP contribution in [0, 0.1) is 17.2 Å². The molecule has 1 spiro atoms. The van der Waals surface area contributed by atoms with Crippen molar-refractivity contribution in [1.29, 1.82) is 0 Å². The largest absolute Gasteiger partial charge is 0.372 e. The minimum absolute atomic E-state index is 0.0105. The second kappa shape index (κ2) is 9.69. The third-order valence-electron chi connectivity index (χ3n) is 7.22. The fraction of sp³-hybridized carbons (Fsp3) is 0.538. The molecule has 2 atom stereocenters. The Kier molecular flexibility index (Phi) is 6.68. The molecule has 1 amide bonds. The number of ether oxygens (including phenoxy) is 1. The molecule has 2 aromatic rings. The number of aromatic nitrogens is 1. The smallest absolute Gasteiger partial charge is 0.230 e. The van der Waals surface area contributed by atoms with Crippen molar-refractivity contribution < 1.29 is 13.9 Å². The van der Waals surface area contributed by atoms with E-state index < -0.39 is 5.41 Å². The summed E-state index contributed by atoms with van der Waals surface area (Å²) in [7, 11) is 0. The Hall–Kier alpha value is -2.02. The minimum Gasteiger partial charge on any atom is -0.372 e. The monoisotopic (exact) mass is 471 g/mol. The molecule has 33 heavy (non-hydrogen) atoms. The number of carbonyl (C=O) groups is 1. The van der Waals surface area contributed by atoms with Crippen LogP contribution in [0.1, 0.15) is 43.4 Å². The molecule has 5 nitrogen and oxygen atoms in total. The van der Waals surface area contributed by atoms with Gasteiger partial charge in [0.05, 0.1) is 23.8 Å². The molecule has 3 aliphatic rings. The van der Waals surface area contributed by atoms with Gasteiger partial charge in [0, 0.05) is 37.4 Å². The van der Waals surface area contributed by atoms with Gasteiger partial charge < -0.3 is 9.64 Å². The first kappa shape index (κ1) is 22.8. The van der Waals surface area contributed by atoms with Crippen molar-refractivity contribution in [3.05, 3.63) is 64.7 Å². The van der Waals surface area contributed by atoms with Crippen molar-refractivity contribution in [2.75, 3.05) is 26.2 Å². The molecular formula is C26H31ClFN3O2. The maximum absolute atomic E-state index is 14.2. The fourth-order valence-electron chi connectivity index (χ4n) is 5.38. The van der Waals surface area contributed by atoms with E-state index in [1.165, 1.54) is 18.9 Å². The Balaban J connectivity index is 1.31. The van der Waals surface area contributed by atoms with Gasteiger partial charge in [-0.05, 0) is 74.4 Å². The lowest BCUT2D eigenvalue weighted by Crippen LogP contribution is -2.60. The molecule has 5 rings (SSSR count). The lowest BCUT2D eigenvalue weighted by atomic mass is 9.72. The number of benzene rings is 1. The number of pyridine rings is 1. The second-order valence-electron chi connectivity index (χ2n) is 9.94. The van der Waals surface area contributed by atoms with E-state index in [1.807, 2.05) is 24.3 Å². The van der Waals surface area contributed by atoms with Gasteiger partial charge in [-0.25, -0.2) is 4.39 Å². The molecule has 0 N–H and O–H groups in total. The maximum atomic E-state index is 14.2. The van der Waals surface area contributed by atoms with Crippen LogP contribution in [0.2, 0.25) is 5.02 Å². The van der Waals surface area contributed by atoms with Crippen LogP contribution in [0.3, 0.4) is 0 Å². The van der Waals surface area contributed by atoms with Crippen LogP contribution in [-0.2, 0) is 22.7 Å². The number of piperidine rings is 2. The van der Waals surface area contributed by atoms with Crippen LogP contribution in [-0.4, -0.2) is 53.0 Å². The standard InChI is InChI=1S/C26H31ClFN3O2/c27-21-8-6-20(7-9-21)17-33-22-13-26(25(32)31(15-22)14-19-4-5-19)10-2-12-30(18-26)16-24-23(28)3-1-11-29-24/h1,3,6-9,11,19,22H,2,4-5,10,12-18H2/t22-,26+/m0/s1. The maximum Gasteiger partial charge on any atom is 0.230 e. The van der Waals surface area contributed by atoms with Gasteiger partial charge in [-0.15, -0.1) is 0 Å². The Bertz CT molecular complexity index is 984. The summed E-state index contributed by atoms with van der Waals surface area (Å²) in [5.74, 6) is 0.599. The molecule has 3 fully saturated rings. The topological polar surface area (TPSA) is 45.7 Å². The van der Waals surface area contributed by atoms with Crippen molar-refractivity contribution >= 4 is 17.5 Å². The number of nitrogens with zero attached hydrogens (tertiary/aromatic N) is 3. The third kappa shape index (κ3) is 5.39. The third-order valence-corrected chi connectivity index (χ3v) is 7.47. The number of carbonyl (C=O) groups excluding carboxylic acids is 1. The van der Waals surface area contributed by atoms with E-state index in [2.05, 4.69) is 14.8 Å². The zero-order chi connectivity index (χ0) is 22.8. The number of hydrogen-bond donors (Lipinski definition) is 0. The normalized spacial score (nSPS) is 26.2. The summed E-state index contributed by atoms with van der Waals surface area (Å²) in [6.45, 7) is 3.90. The summed E-state index contributed by atoms with van der Waals surface area (Å²) >= 11 is 6.01. The lowest BCUT2D eigenvalue weighted by molar-refractivity contribution is -0.161. The van der Waals surface area contributed by atoms with Crippen molar-refractivity contribution in [2.45, 2.75) is 51.4 Å². The molecule has 1 aromatic carbocycles. The highest BCUT2D eigenvalue weighted by molar-refractivity contribution is 6.30. The molecule has 1 aromatic heterocycles. The number of hydrogen-bond acceptors (Lipinski definition) is 4. The highest BCUT2D eigenvalue weighted by Crippen LogP contribution is 2.42. The van der Waals surface area contributed by atoms with E-state index in [9.17, 15) is 9.18 Å². The second-order valence-corrected chi connectivity index (χ2v) is 10.4. The van der Waals surface area contributed by atoms with Crippen molar-refractivity contribution in [2.24, 2.45) is 11.3 Å². The fourth-order valence-corrected chi connectivity index (χ4v) is 5.50. The molecule has 7 heteroatoms. The Morgan fingerprint density at radius 3 is 2.79 bits per heavy atom. The van der Waals surface area contributed by atoms with Gasteiger partial charge in [-0.2, -0.15) is 0 Å². The highest BCUT2D eigenvalue weighted by atomic mass is 35.5. The van der Waals surface area contributed by atoms with Crippen LogP contribution in [0.5, 0.6) is 0 Å². The first-order chi connectivity index (χ1) is 16.0. The van der Waals surface area contributed by atoms with Gasteiger partial charge in [0.25, 0.3) is 0 Å². The summed E-state index contributed by atoms with van der Waals surface area (Å²) in [4.78, 5) is 22.2. The molecular weight excluding hydrogens is 441 g/mol. The van der Waals surface area contributed by atoms with E-state index in [-0.39, 0.29) is 17.8 Å². The summed E-state index contributed by atoms with van der Waals surface area (Å²) < 4.78 is 20.6. The average molecular weight is 472 g/mol. The van der Waals surface area contributed by atoms with Crippen LogP contribution in [0.25, 0.3) is 0 Å². The molecule has 3 heterocycles. The number of halogens is 2. The zero-order valence-electron chi connectivity index (χ0n) is 18.9. The first-order valence-corrected chi connectivity index (χ1v) is 12.4. The van der Waals surface area contributed by atoms with Gasteiger partial charge in [0.15, 0.2) is 0 Å². The SMILES string of the molecule is O=C1N(CC2CC2)C[C@@H](OCc2ccc(Cl)cc2)C[C@@]12CCCN(Cc1ncccc1F)C2. The molecule has 0 radical (unpaired) electrons. The highest BCUT2D eigenvalue weighted by Gasteiger charge is 2.50. The molecule has 176 valence electrons. The molecule has 0 bridgehead atoms. The predicted octanol–water partition coefficient (Wildman–Crippen LogP) is 4.68. The van der Waals surface area contributed by atoms with E-state index in [0.29, 0.717) is 49.3 Å². The Morgan fingerprint density at radius 2 is 2.03 bits per heavy atom. The van der Waals surface area contributed by atoms with Crippen molar-refractivity contribution in [1.82, 2.24) is 14.8 Å². The number of likely N-dealkylation sites (tertiary alicyclic amines) is 2. The first-order valence-electron chi connectivity index (χ1n) is 12.0. The summed E-state index contributed by atoms with van der Waals surface area (Å²) in [6, 6.07) is 10.8. The predicted molar refractivity (Wildman–Crippen MR) is 125 cm³/mol. The van der Waals surface area contributed by atoms with E-state index in [1.54, 1.807) is 12.3 Å². The van der Waals surface area contributed by atoms with Gasteiger partial charge in [0.1, 0.15) is 5.82 Å². The van der Waals surface area contributed by atoms with Gasteiger partial charge in [-0.1, -0.05) is 23.7 Å². The Morgan fingerprint density at radius 1 is 1.21 bits per heavy atom.